The van der Waals surface area contributed by atoms with Crippen molar-refractivity contribution in [3.05, 3.63) is 24.2 Å². The summed E-state index contributed by atoms with van der Waals surface area (Å²) in [6.07, 6.45) is 1.68. The smallest absolute Gasteiger partial charge is 0.236 e. The molecule has 1 aromatic heterocycles. The second kappa shape index (κ2) is 12.2. The molecule has 1 atom stereocenters. The molecule has 9 nitrogen and oxygen atoms in total. The van der Waals surface area contributed by atoms with Gasteiger partial charge in [-0.2, -0.15) is 0 Å². The number of piperazine rings is 1. The number of hydrogen-bond donors (Lipinski definition) is 1. The number of amides is 2. The fraction of sp³-hybridized carbons (Fsp3) is 0.727. The minimum Gasteiger partial charge on any atom is -0.468 e. The van der Waals surface area contributed by atoms with Crippen molar-refractivity contribution in [3.63, 3.8) is 0 Å². The maximum Gasteiger partial charge on any atom is 0.236 e. The highest BCUT2D eigenvalue weighted by atomic mass is 16.5. The third kappa shape index (κ3) is 7.03. The molecule has 0 radical (unpaired) electrons. The van der Waals surface area contributed by atoms with Crippen LogP contribution in [0.15, 0.2) is 22.8 Å². The molecule has 1 aromatic rings. The first-order chi connectivity index (χ1) is 15.1. The van der Waals surface area contributed by atoms with Gasteiger partial charge in [0.05, 0.1) is 38.6 Å². The fourth-order valence-corrected chi connectivity index (χ4v) is 4.23. The van der Waals surface area contributed by atoms with Gasteiger partial charge in [-0.05, 0) is 25.2 Å². The van der Waals surface area contributed by atoms with Gasteiger partial charge < -0.3 is 19.4 Å². The monoisotopic (exact) mass is 435 g/mol. The lowest BCUT2D eigenvalue weighted by Gasteiger charge is -2.35. The molecule has 2 aliphatic rings. The van der Waals surface area contributed by atoms with Crippen LogP contribution in [0.25, 0.3) is 0 Å². The van der Waals surface area contributed by atoms with Crippen LogP contribution in [0.1, 0.15) is 25.6 Å². The van der Waals surface area contributed by atoms with E-state index >= 15 is 0 Å². The highest BCUT2D eigenvalue weighted by Crippen LogP contribution is 2.20. The molecule has 0 aromatic carbocycles. The normalized spacial score (nSPS) is 19.5. The maximum atomic E-state index is 12.6. The Hall–Kier alpha value is -1.94. The summed E-state index contributed by atoms with van der Waals surface area (Å²) in [7, 11) is 0. The van der Waals surface area contributed by atoms with E-state index in [-0.39, 0.29) is 17.9 Å². The van der Waals surface area contributed by atoms with E-state index in [1.54, 1.807) is 6.26 Å². The summed E-state index contributed by atoms with van der Waals surface area (Å²) >= 11 is 0. The van der Waals surface area contributed by atoms with E-state index in [0.29, 0.717) is 45.9 Å². The second-order valence-electron chi connectivity index (χ2n) is 8.10. The standard InChI is InChI=1S/C22H37N5O4/c1-3-26(4-2)19(20-6-5-13-31-20)16-23-21(28)17-24-7-9-25(10-8-24)18-22(29)27-11-14-30-15-12-27/h5-6,13,19H,3-4,7-12,14-18H2,1-2H3,(H,23,28). The van der Waals surface area contributed by atoms with Crippen molar-refractivity contribution in [3.8, 4) is 0 Å². The van der Waals surface area contributed by atoms with Crippen molar-refractivity contribution >= 4 is 11.8 Å². The van der Waals surface area contributed by atoms with E-state index < -0.39 is 0 Å². The van der Waals surface area contributed by atoms with Gasteiger partial charge in [0.2, 0.25) is 11.8 Å². The van der Waals surface area contributed by atoms with Crippen molar-refractivity contribution in [1.29, 1.82) is 0 Å². The van der Waals surface area contributed by atoms with Crippen LogP contribution in [0.4, 0.5) is 0 Å². The number of morpholine rings is 1. The van der Waals surface area contributed by atoms with Gasteiger partial charge in [-0.25, -0.2) is 0 Å². The largest absolute Gasteiger partial charge is 0.468 e. The van der Waals surface area contributed by atoms with E-state index in [0.717, 1.165) is 45.0 Å². The van der Waals surface area contributed by atoms with Crippen molar-refractivity contribution in [2.24, 2.45) is 0 Å². The number of furan rings is 1. The van der Waals surface area contributed by atoms with Gasteiger partial charge in [-0.3, -0.25) is 24.3 Å². The van der Waals surface area contributed by atoms with Crippen LogP contribution < -0.4 is 5.32 Å². The summed E-state index contributed by atoms with van der Waals surface area (Å²) in [5.41, 5.74) is 0. The summed E-state index contributed by atoms with van der Waals surface area (Å²) in [6, 6.07) is 3.89. The van der Waals surface area contributed by atoms with Crippen LogP contribution >= 0.6 is 0 Å². The average Bonchev–Trinajstić information content (AvgIpc) is 3.33. The molecule has 2 aliphatic heterocycles. The first kappa shape index (κ1) is 23.7. The van der Waals surface area contributed by atoms with E-state index in [2.05, 4.69) is 33.9 Å². The van der Waals surface area contributed by atoms with E-state index in [4.69, 9.17) is 9.15 Å². The molecule has 1 N–H and O–H groups in total. The van der Waals surface area contributed by atoms with Crippen molar-refractivity contribution in [2.45, 2.75) is 19.9 Å². The SMILES string of the molecule is CCN(CC)C(CNC(=O)CN1CCN(CC(=O)N2CCOCC2)CC1)c1ccco1. The number of likely N-dealkylation sites (N-methyl/N-ethyl adjacent to an activating group) is 1. The van der Waals surface area contributed by atoms with Crippen LogP contribution in [0.5, 0.6) is 0 Å². The molecule has 0 saturated carbocycles. The summed E-state index contributed by atoms with van der Waals surface area (Å²) in [4.78, 5) is 33.5. The van der Waals surface area contributed by atoms with Gasteiger partial charge in [0.25, 0.3) is 0 Å². The number of rotatable bonds is 10. The second-order valence-corrected chi connectivity index (χ2v) is 8.10. The first-order valence-electron chi connectivity index (χ1n) is 11.4. The highest BCUT2D eigenvalue weighted by Gasteiger charge is 2.25. The quantitative estimate of drug-likeness (QED) is 0.564. The molecule has 2 fully saturated rings. The maximum absolute atomic E-state index is 12.6. The van der Waals surface area contributed by atoms with Gasteiger partial charge in [0, 0.05) is 45.8 Å². The van der Waals surface area contributed by atoms with Crippen LogP contribution in [-0.2, 0) is 14.3 Å². The molecular weight excluding hydrogens is 398 g/mol. The van der Waals surface area contributed by atoms with E-state index in [1.165, 1.54) is 0 Å². The zero-order chi connectivity index (χ0) is 22.1. The van der Waals surface area contributed by atoms with E-state index in [1.807, 2.05) is 17.0 Å². The molecular formula is C22H37N5O4. The fourth-order valence-electron chi connectivity index (χ4n) is 4.23. The van der Waals surface area contributed by atoms with Gasteiger partial charge in [0.1, 0.15) is 5.76 Å². The Bertz CT molecular complexity index is 665. The molecule has 2 saturated heterocycles. The first-order valence-corrected chi connectivity index (χ1v) is 11.4. The summed E-state index contributed by atoms with van der Waals surface area (Å²) in [6.45, 7) is 13.2. The summed E-state index contributed by atoms with van der Waals surface area (Å²) < 4.78 is 10.9. The molecule has 174 valence electrons. The molecule has 2 amide bonds. The van der Waals surface area contributed by atoms with Crippen LogP contribution in [0, 0.1) is 0 Å². The Kier molecular flexibility index (Phi) is 9.32. The lowest BCUT2D eigenvalue weighted by atomic mass is 10.2. The molecule has 0 spiro atoms. The number of nitrogens with one attached hydrogen (secondary N) is 1. The molecule has 9 heteroatoms. The zero-order valence-corrected chi connectivity index (χ0v) is 18.9. The Morgan fingerprint density at radius 3 is 2.26 bits per heavy atom. The predicted octanol–water partition coefficient (Wildman–Crippen LogP) is 0.255. The zero-order valence-electron chi connectivity index (χ0n) is 18.9. The minimum atomic E-state index is 0.0292. The van der Waals surface area contributed by atoms with Gasteiger partial charge in [0.15, 0.2) is 0 Å². The number of nitrogens with zero attached hydrogens (tertiary/aromatic N) is 4. The molecule has 1 unspecified atom stereocenters. The number of carbonyl (C=O) groups excluding carboxylic acids is 2. The van der Waals surface area contributed by atoms with Crippen LogP contribution in [0.2, 0.25) is 0 Å². The lowest BCUT2D eigenvalue weighted by molar-refractivity contribution is -0.137. The molecule has 0 bridgehead atoms. The molecule has 3 rings (SSSR count). The van der Waals surface area contributed by atoms with Gasteiger partial charge in [-0.15, -0.1) is 0 Å². The van der Waals surface area contributed by atoms with Crippen LogP contribution in [-0.4, -0.2) is 117 Å². The van der Waals surface area contributed by atoms with Crippen molar-refractivity contribution in [2.75, 3.05) is 85.2 Å². The van der Waals surface area contributed by atoms with Crippen LogP contribution in [0.3, 0.4) is 0 Å². The third-order valence-corrected chi connectivity index (χ3v) is 6.17. The molecule has 0 aliphatic carbocycles. The van der Waals surface area contributed by atoms with Gasteiger partial charge >= 0.3 is 0 Å². The highest BCUT2D eigenvalue weighted by molar-refractivity contribution is 5.78. The lowest BCUT2D eigenvalue weighted by Crippen LogP contribution is -2.53. The average molecular weight is 436 g/mol. The van der Waals surface area contributed by atoms with Gasteiger partial charge in [-0.1, -0.05) is 13.8 Å². The van der Waals surface area contributed by atoms with E-state index in [9.17, 15) is 9.59 Å². The number of hydrogen-bond acceptors (Lipinski definition) is 7. The Morgan fingerprint density at radius 1 is 1.03 bits per heavy atom. The number of carbonyl (C=O) groups is 2. The Morgan fingerprint density at radius 2 is 1.68 bits per heavy atom. The predicted molar refractivity (Wildman–Crippen MR) is 118 cm³/mol. The van der Waals surface area contributed by atoms with Crippen molar-refractivity contribution < 1.29 is 18.7 Å². The topological polar surface area (TPSA) is 81.5 Å². The molecule has 31 heavy (non-hydrogen) atoms. The molecule has 3 heterocycles. The van der Waals surface area contributed by atoms with Crippen molar-refractivity contribution in [1.82, 2.24) is 24.9 Å². The summed E-state index contributed by atoms with van der Waals surface area (Å²) in [5.74, 6) is 1.08. The third-order valence-electron chi connectivity index (χ3n) is 6.17. The summed E-state index contributed by atoms with van der Waals surface area (Å²) in [5, 5.41) is 3.09. The Balaban J connectivity index is 1.38. The Labute approximate surface area is 185 Å². The number of ether oxygens (including phenoxy) is 1. The minimum absolute atomic E-state index is 0.0292.